The number of hydrogen-bond donors (Lipinski definition) is 0. The summed E-state index contributed by atoms with van der Waals surface area (Å²) in [4.78, 5) is 13.9. The molecule has 0 fully saturated rings. The molecule has 1 aliphatic rings. The molecule has 0 bridgehead atoms. The number of amides is 1. The van der Waals surface area contributed by atoms with E-state index in [2.05, 4.69) is 5.10 Å². The van der Waals surface area contributed by atoms with Gasteiger partial charge in [-0.2, -0.15) is 5.10 Å². The average Bonchev–Trinajstić information content (AvgIpc) is 2.56. The SMILES string of the molecule is Cc1cnn2c1CN(C(=O)OC(C)(C)C)[C@@H](C)C2. The van der Waals surface area contributed by atoms with Gasteiger partial charge in [-0.3, -0.25) is 9.58 Å². The normalized spacial score (nSPS) is 19.6. The van der Waals surface area contributed by atoms with Crippen molar-refractivity contribution in [1.29, 1.82) is 0 Å². The van der Waals surface area contributed by atoms with Gasteiger partial charge in [0.05, 0.1) is 31.0 Å². The van der Waals surface area contributed by atoms with Crippen LogP contribution in [0.15, 0.2) is 6.20 Å². The third-order valence-corrected chi connectivity index (χ3v) is 3.07. The summed E-state index contributed by atoms with van der Waals surface area (Å²) in [6.07, 6.45) is 1.60. The van der Waals surface area contributed by atoms with E-state index in [9.17, 15) is 4.79 Å². The quantitative estimate of drug-likeness (QED) is 0.711. The number of ether oxygens (including phenoxy) is 1. The number of aryl methyl sites for hydroxylation is 1. The summed E-state index contributed by atoms with van der Waals surface area (Å²) in [6, 6.07) is 0.103. The Balaban J connectivity index is 2.16. The van der Waals surface area contributed by atoms with E-state index in [1.165, 1.54) is 0 Å². The molecule has 5 heteroatoms. The maximum atomic E-state index is 12.1. The number of rotatable bonds is 0. The highest BCUT2D eigenvalue weighted by Gasteiger charge is 2.31. The Hall–Kier alpha value is -1.52. The van der Waals surface area contributed by atoms with Gasteiger partial charge in [0.25, 0.3) is 0 Å². The van der Waals surface area contributed by atoms with Gasteiger partial charge in [0.1, 0.15) is 5.60 Å². The summed E-state index contributed by atoms with van der Waals surface area (Å²) in [7, 11) is 0. The average molecular weight is 251 g/mol. The van der Waals surface area contributed by atoms with Crippen molar-refractivity contribution in [1.82, 2.24) is 14.7 Å². The Bertz CT molecular complexity index is 459. The minimum absolute atomic E-state index is 0.103. The molecule has 0 saturated heterocycles. The smallest absolute Gasteiger partial charge is 0.410 e. The van der Waals surface area contributed by atoms with Crippen LogP contribution < -0.4 is 0 Å². The zero-order chi connectivity index (χ0) is 13.5. The van der Waals surface area contributed by atoms with Crippen LogP contribution in [0.1, 0.15) is 39.0 Å². The summed E-state index contributed by atoms with van der Waals surface area (Å²) < 4.78 is 7.41. The van der Waals surface area contributed by atoms with Crippen molar-refractivity contribution in [3.63, 3.8) is 0 Å². The lowest BCUT2D eigenvalue weighted by Gasteiger charge is -2.35. The van der Waals surface area contributed by atoms with Gasteiger partial charge >= 0.3 is 6.09 Å². The molecule has 1 amide bonds. The largest absolute Gasteiger partial charge is 0.444 e. The molecule has 0 aromatic carbocycles. The number of carbonyl (C=O) groups is 1. The fourth-order valence-corrected chi connectivity index (χ4v) is 2.10. The van der Waals surface area contributed by atoms with E-state index in [4.69, 9.17) is 4.74 Å². The third kappa shape index (κ3) is 2.49. The molecule has 0 aliphatic carbocycles. The van der Waals surface area contributed by atoms with Crippen molar-refractivity contribution in [2.24, 2.45) is 0 Å². The minimum atomic E-state index is -0.455. The molecule has 100 valence electrons. The van der Waals surface area contributed by atoms with Crippen molar-refractivity contribution in [3.8, 4) is 0 Å². The van der Waals surface area contributed by atoms with Crippen LogP contribution >= 0.6 is 0 Å². The van der Waals surface area contributed by atoms with E-state index in [1.807, 2.05) is 45.5 Å². The number of nitrogens with zero attached hydrogens (tertiary/aromatic N) is 3. The fourth-order valence-electron chi connectivity index (χ4n) is 2.10. The molecule has 0 radical (unpaired) electrons. The van der Waals surface area contributed by atoms with E-state index in [0.29, 0.717) is 6.54 Å². The highest BCUT2D eigenvalue weighted by Crippen LogP contribution is 2.22. The van der Waals surface area contributed by atoms with Gasteiger partial charge in [-0.1, -0.05) is 0 Å². The molecule has 2 heterocycles. The summed E-state index contributed by atoms with van der Waals surface area (Å²) in [5.74, 6) is 0. The van der Waals surface area contributed by atoms with Crippen molar-refractivity contribution in [3.05, 3.63) is 17.5 Å². The first-order chi connectivity index (χ1) is 8.28. The lowest BCUT2D eigenvalue weighted by Crippen LogP contribution is -2.47. The van der Waals surface area contributed by atoms with E-state index in [-0.39, 0.29) is 12.1 Å². The third-order valence-electron chi connectivity index (χ3n) is 3.07. The summed E-state index contributed by atoms with van der Waals surface area (Å²) >= 11 is 0. The Kier molecular flexibility index (Phi) is 3.09. The molecule has 1 atom stereocenters. The summed E-state index contributed by atoms with van der Waals surface area (Å²) in [5, 5.41) is 4.31. The predicted octanol–water partition coefficient (Wildman–Crippen LogP) is 2.33. The zero-order valence-electron chi connectivity index (χ0n) is 11.7. The Labute approximate surface area is 108 Å². The van der Waals surface area contributed by atoms with Crippen LogP contribution in [0, 0.1) is 6.92 Å². The van der Waals surface area contributed by atoms with Gasteiger partial charge in [0.15, 0.2) is 0 Å². The van der Waals surface area contributed by atoms with Crippen molar-refractivity contribution in [2.45, 2.75) is 59.4 Å². The second-order valence-electron chi connectivity index (χ2n) is 5.91. The number of aromatic nitrogens is 2. The second-order valence-corrected chi connectivity index (χ2v) is 5.91. The van der Waals surface area contributed by atoms with Crippen LogP contribution in [-0.2, 0) is 17.8 Å². The van der Waals surface area contributed by atoms with Crippen LogP contribution in [0.5, 0.6) is 0 Å². The molecule has 18 heavy (non-hydrogen) atoms. The topological polar surface area (TPSA) is 47.4 Å². The Morgan fingerprint density at radius 3 is 2.78 bits per heavy atom. The first kappa shape index (κ1) is 12.9. The van der Waals surface area contributed by atoms with Gasteiger partial charge < -0.3 is 4.74 Å². The van der Waals surface area contributed by atoms with Crippen molar-refractivity contribution in [2.75, 3.05) is 0 Å². The van der Waals surface area contributed by atoms with Gasteiger partial charge in [-0.15, -0.1) is 0 Å². The van der Waals surface area contributed by atoms with Crippen LogP contribution in [0.25, 0.3) is 0 Å². The highest BCUT2D eigenvalue weighted by atomic mass is 16.6. The van der Waals surface area contributed by atoms with E-state index in [1.54, 1.807) is 4.90 Å². The number of hydrogen-bond acceptors (Lipinski definition) is 3. The first-order valence-corrected chi connectivity index (χ1v) is 6.29. The van der Waals surface area contributed by atoms with Gasteiger partial charge in [0.2, 0.25) is 0 Å². The summed E-state index contributed by atoms with van der Waals surface area (Å²) in [6.45, 7) is 11.0. The Morgan fingerprint density at radius 1 is 1.50 bits per heavy atom. The van der Waals surface area contributed by atoms with Gasteiger partial charge in [0, 0.05) is 0 Å². The fraction of sp³-hybridized carbons (Fsp3) is 0.692. The molecule has 0 N–H and O–H groups in total. The maximum absolute atomic E-state index is 12.1. The standard InChI is InChI=1S/C13H21N3O2/c1-9-6-14-16-7-10(2)15(8-11(9)16)12(17)18-13(3,4)5/h6,10H,7-8H2,1-5H3/t10-/m0/s1. The Morgan fingerprint density at radius 2 is 2.17 bits per heavy atom. The molecule has 1 aromatic rings. The zero-order valence-corrected chi connectivity index (χ0v) is 11.7. The second kappa shape index (κ2) is 4.30. The maximum Gasteiger partial charge on any atom is 0.410 e. The number of carbonyl (C=O) groups excluding carboxylic acids is 1. The van der Waals surface area contributed by atoms with E-state index >= 15 is 0 Å². The minimum Gasteiger partial charge on any atom is -0.444 e. The predicted molar refractivity (Wildman–Crippen MR) is 68.2 cm³/mol. The molecule has 2 rings (SSSR count). The summed E-state index contributed by atoms with van der Waals surface area (Å²) in [5.41, 5.74) is 1.76. The molecule has 5 nitrogen and oxygen atoms in total. The molecule has 1 aliphatic heterocycles. The highest BCUT2D eigenvalue weighted by molar-refractivity contribution is 5.68. The molecule has 1 aromatic heterocycles. The molecule has 0 spiro atoms. The van der Waals surface area contributed by atoms with Crippen LogP contribution in [0.3, 0.4) is 0 Å². The first-order valence-electron chi connectivity index (χ1n) is 6.29. The lowest BCUT2D eigenvalue weighted by molar-refractivity contribution is 0.00901. The van der Waals surface area contributed by atoms with Crippen LogP contribution in [0.4, 0.5) is 4.79 Å². The van der Waals surface area contributed by atoms with Crippen LogP contribution in [0.2, 0.25) is 0 Å². The molecule has 0 saturated carbocycles. The number of fused-ring (bicyclic) bond motifs is 1. The van der Waals surface area contributed by atoms with E-state index < -0.39 is 5.60 Å². The molecular formula is C13H21N3O2. The lowest BCUT2D eigenvalue weighted by atomic mass is 10.1. The van der Waals surface area contributed by atoms with Crippen molar-refractivity contribution >= 4 is 6.09 Å². The van der Waals surface area contributed by atoms with Gasteiger partial charge in [-0.25, -0.2) is 4.79 Å². The van der Waals surface area contributed by atoms with E-state index in [0.717, 1.165) is 17.8 Å². The van der Waals surface area contributed by atoms with Crippen LogP contribution in [-0.4, -0.2) is 32.4 Å². The van der Waals surface area contributed by atoms with Crippen molar-refractivity contribution < 1.29 is 9.53 Å². The molecular weight excluding hydrogens is 230 g/mol. The monoisotopic (exact) mass is 251 g/mol. The van der Waals surface area contributed by atoms with Gasteiger partial charge in [-0.05, 0) is 40.2 Å². The molecule has 0 unspecified atom stereocenters.